The van der Waals surface area contributed by atoms with Crippen LogP contribution in [0.5, 0.6) is 11.5 Å². The molecule has 0 N–H and O–H groups in total. The topological polar surface area (TPSA) is 55.4 Å². The van der Waals surface area contributed by atoms with Gasteiger partial charge in [0.2, 0.25) is 0 Å². The van der Waals surface area contributed by atoms with Crippen molar-refractivity contribution in [1.29, 1.82) is 0 Å². The van der Waals surface area contributed by atoms with E-state index in [-0.39, 0.29) is 18.1 Å². The molecule has 3 aromatic rings. The van der Waals surface area contributed by atoms with Crippen LogP contribution in [0.25, 0.3) is 0 Å². The molecule has 1 fully saturated rings. The molecule has 1 aliphatic carbocycles. The third-order valence-corrected chi connectivity index (χ3v) is 8.36. The fourth-order valence-corrected chi connectivity index (χ4v) is 5.97. The molecular weight excluding hydrogens is 607 g/mol. The second-order valence-electron chi connectivity index (χ2n) is 9.74. The van der Waals surface area contributed by atoms with Gasteiger partial charge in [-0.1, -0.05) is 77.2 Å². The fourth-order valence-electron chi connectivity index (χ4n) is 5.15. The van der Waals surface area contributed by atoms with Gasteiger partial charge in [0.1, 0.15) is 17.1 Å². The van der Waals surface area contributed by atoms with Gasteiger partial charge >= 0.3 is 0 Å². The molecule has 6 nitrogen and oxygen atoms in total. The summed E-state index contributed by atoms with van der Waals surface area (Å²) in [7, 11) is 3.34. The van der Waals surface area contributed by atoms with Crippen LogP contribution in [0.4, 0.5) is 0 Å². The van der Waals surface area contributed by atoms with E-state index in [2.05, 4.69) is 34.7 Å². The third-order valence-electron chi connectivity index (χ3n) is 7.23. The van der Waals surface area contributed by atoms with Crippen LogP contribution in [-0.4, -0.2) is 49.7 Å². The van der Waals surface area contributed by atoms with E-state index in [1.165, 1.54) is 0 Å². The highest BCUT2D eigenvalue weighted by molar-refractivity contribution is 14.1. The van der Waals surface area contributed by atoms with Crippen LogP contribution in [0.15, 0.2) is 78.9 Å². The molecule has 0 unspecified atom stereocenters. The highest BCUT2D eigenvalue weighted by Gasteiger charge is 2.58. The van der Waals surface area contributed by atoms with Crippen molar-refractivity contribution >= 4 is 22.6 Å². The minimum Gasteiger partial charge on any atom is -0.497 e. The van der Waals surface area contributed by atoms with E-state index >= 15 is 0 Å². The third kappa shape index (κ3) is 7.73. The summed E-state index contributed by atoms with van der Waals surface area (Å²) < 4.78 is 37.9. The van der Waals surface area contributed by atoms with Gasteiger partial charge in [0.25, 0.3) is 0 Å². The smallest absolute Gasteiger partial charge is 0.144 e. The molecule has 0 spiro atoms. The summed E-state index contributed by atoms with van der Waals surface area (Å²) in [5.74, 6) is 1.92. The maximum Gasteiger partial charge on any atom is 0.144 e. The van der Waals surface area contributed by atoms with E-state index in [4.69, 9.17) is 28.4 Å². The van der Waals surface area contributed by atoms with Crippen molar-refractivity contribution in [2.45, 2.75) is 51.0 Å². The van der Waals surface area contributed by atoms with E-state index in [0.29, 0.717) is 33.0 Å². The van der Waals surface area contributed by atoms with Crippen molar-refractivity contribution in [3.63, 3.8) is 0 Å². The minimum absolute atomic E-state index is 0.150. The second kappa shape index (κ2) is 15.0. The summed E-state index contributed by atoms with van der Waals surface area (Å²) in [6, 6.07) is 26.2. The number of halogens is 1. The first-order valence-electron chi connectivity index (χ1n) is 13.4. The molecule has 210 valence electrons. The summed E-state index contributed by atoms with van der Waals surface area (Å²) in [6.07, 6.45) is 0.500. The summed E-state index contributed by atoms with van der Waals surface area (Å²) in [4.78, 5) is 0. The first-order chi connectivity index (χ1) is 19.1. The molecule has 0 saturated heterocycles. The van der Waals surface area contributed by atoms with Gasteiger partial charge in [-0.2, -0.15) is 0 Å². The van der Waals surface area contributed by atoms with Crippen LogP contribution in [0.2, 0.25) is 0 Å². The standard InChI is InChI=1S/C32H39IO6/c1-4-37-30-18-27(19-33)31(38-21-26-12-16-29(35-3)17-13-26)32(30,39-22-24-8-6-5-7-9-24)23-36-20-25-10-14-28(34-2)15-11-25/h5-17,27,30-31H,4,18-23H2,1-3H3/t27-,30+,31-,32-/m1/s1. The van der Waals surface area contributed by atoms with E-state index in [1.807, 2.05) is 73.7 Å². The Morgan fingerprint density at radius 1 is 0.744 bits per heavy atom. The van der Waals surface area contributed by atoms with Gasteiger partial charge < -0.3 is 28.4 Å². The van der Waals surface area contributed by atoms with Crippen molar-refractivity contribution in [1.82, 2.24) is 0 Å². The SMILES string of the molecule is CCO[C@H]1C[C@H](CI)[C@@H](OCc2ccc(OC)cc2)[C@]1(COCc1ccc(OC)cc1)OCc1ccccc1. The zero-order chi connectivity index (χ0) is 27.5. The van der Waals surface area contributed by atoms with Gasteiger partial charge in [0.05, 0.1) is 52.9 Å². The maximum absolute atomic E-state index is 6.87. The minimum atomic E-state index is -0.763. The Hall–Kier alpha value is -2.17. The van der Waals surface area contributed by atoms with Gasteiger partial charge in [-0.05, 0) is 60.2 Å². The zero-order valence-electron chi connectivity index (χ0n) is 23.0. The highest BCUT2D eigenvalue weighted by atomic mass is 127. The number of alkyl halides is 1. The molecule has 0 heterocycles. The van der Waals surface area contributed by atoms with E-state index in [0.717, 1.165) is 39.0 Å². The molecule has 1 saturated carbocycles. The van der Waals surface area contributed by atoms with Gasteiger partial charge in [-0.3, -0.25) is 0 Å². The van der Waals surface area contributed by atoms with Crippen molar-refractivity contribution < 1.29 is 28.4 Å². The Morgan fingerprint density at radius 3 is 1.90 bits per heavy atom. The van der Waals surface area contributed by atoms with Crippen LogP contribution >= 0.6 is 22.6 Å². The lowest BCUT2D eigenvalue weighted by Crippen LogP contribution is -2.55. The van der Waals surface area contributed by atoms with Crippen molar-refractivity contribution in [3.8, 4) is 11.5 Å². The first kappa shape index (κ1) is 29.8. The number of hydrogen-bond donors (Lipinski definition) is 0. The molecule has 7 heteroatoms. The Balaban J connectivity index is 1.58. The Bertz CT molecular complexity index is 1110. The number of benzene rings is 3. The molecule has 3 aromatic carbocycles. The summed E-state index contributed by atoms with van der Waals surface area (Å²) in [5, 5.41) is 0. The van der Waals surface area contributed by atoms with Crippen LogP contribution in [-0.2, 0) is 38.8 Å². The monoisotopic (exact) mass is 646 g/mol. The molecule has 0 radical (unpaired) electrons. The number of ether oxygens (including phenoxy) is 6. The van der Waals surface area contributed by atoms with Gasteiger partial charge in [0.15, 0.2) is 0 Å². The average molecular weight is 647 g/mol. The molecule has 0 aromatic heterocycles. The van der Waals surface area contributed by atoms with Crippen LogP contribution in [0, 0.1) is 5.92 Å². The van der Waals surface area contributed by atoms with E-state index < -0.39 is 5.60 Å². The normalized spacial score (nSPS) is 22.6. The second-order valence-corrected chi connectivity index (χ2v) is 10.6. The van der Waals surface area contributed by atoms with Crippen LogP contribution < -0.4 is 9.47 Å². The van der Waals surface area contributed by atoms with E-state index in [1.54, 1.807) is 14.2 Å². The number of methoxy groups -OCH3 is 2. The van der Waals surface area contributed by atoms with Gasteiger partial charge in [-0.25, -0.2) is 0 Å². The van der Waals surface area contributed by atoms with Crippen molar-refractivity contribution in [2.75, 3.05) is 31.9 Å². The molecule has 0 aliphatic heterocycles. The fraction of sp³-hybridized carbons (Fsp3) is 0.438. The predicted octanol–water partition coefficient (Wildman–Crippen LogP) is 6.62. The summed E-state index contributed by atoms with van der Waals surface area (Å²) >= 11 is 2.46. The van der Waals surface area contributed by atoms with Crippen molar-refractivity contribution in [3.05, 3.63) is 95.6 Å². The van der Waals surface area contributed by atoms with Gasteiger partial charge in [0, 0.05) is 11.0 Å². The molecule has 4 rings (SSSR count). The highest BCUT2D eigenvalue weighted by Crippen LogP contribution is 2.44. The number of hydrogen-bond acceptors (Lipinski definition) is 6. The van der Waals surface area contributed by atoms with Crippen LogP contribution in [0.1, 0.15) is 30.0 Å². The molecule has 39 heavy (non-hydrogen) atoms. The maximum atomic E-state index is 6.87. The lowest BCUT2D eigenvalue weighted by Gasteiger charge is -2.40. The summed E-state index contributed by atoms with van der Waals surface area (Å²) in [5.41, 5.74) is 2.50. The van der Waals surface area contributed by atoms with E-state index in [9.17, 15) is 0 Å². The zero-order valence-corrected chi connectivity index (χ0v) is 25.2. The Kier molecular flexibility index (Phi) is 11.5. The molecule has 1 aliphatic rings. The summed E-state index contributed by atoms with van der Waals surface area (Å²) in [6.45, 7) is 4.36. The molecular formula is C32H39IO6. The Labute approximate surface area is 246 Å². The largest absolute Gasteiger partial charge is 0.497 e. The molecule has 4 atom stereocenters. The Morgan fingerprint density at radius 2 is 1.33 bits per heavy atom. The number of rotatable bonds is 15. The van der Waals surface area contributed by atoms with Gasteiger partial charge in [-0.15, -0.1) is 0 Å². The predicted molar refractivity (Wildman–Crippen MR) is 161 cm³/mol. The lowest BCUT2D eigenvalue weighted by molar-refractivity contribution is -0.219. The van der Waals surface area contributed by atoms with Crippen molar-refractivity contribution in [2.24, 2.45) is 5.92 Å². The quantitative estimate of drug-likeness (QED) is 0.137. The van der Waals surface area contributed by atoms with Crippen LogP contribution in [0.3, 0.4) is 0 Å². The average Bonchev–Trinajstić information content (AvgIpc) is 3.28. The molecule has 0 bridgehead atoms. The molecule has 0 amide bonds. The first-order valence-corrected chi connectivity index (χ1v) is 14.9. The lowest BCUT2D eigenvalue weighted by atomic mass is 9.95.